The maximum atomic E-state index is 13.6. The van der Waals surface area contributed by atoms with Gasteiger partial charge < -0.3 is 5.11 Å². The van der Waals surface area contributed by atoms with Crippen LogP contribution in [0.25, 0.3) is 0 Å². The Labute approximate surface area is 127 Å². The van der Waals surface area contributed by atoms with Gasteiger partial charge in [-0.25, -0.2) is 17.2 Å². The van der Waals surface area contributed by atoms with Crippen molar-refractivity contribution in [2.45, 2.75) is 11.1 Å². The van der Waals surface area contributed by atoms with E-state index in [0.717, 1.165) is 0 Å². The minimum Gasteiger partial charge on any atom is -0.481 e. The molecule has 0 unspecified atom stereocenters. The second kappa shape index (κ2) is 5.71. The third kappa shape index (κ3) is 3.29. The summed E-state index contributed by atoms with van der Waals surface area (Å²) in [5.74, 6) is -8.72. The van der Waals surface area contributed by atoms with Gasteiger partial charge in [-0.05, 0) is 12.1 Å². The Kier molecular flexibility index (Phi) is 4.37. The number of sulfonamides is 1. The topological polar surface area (TPSA) is 74.7 Å². The van der Waals surface area contributed by atoms with Gasteiger partial charge in [0.2, 0.25) is 10.0 Å². The highest BCUT2D eigenvalue weighted by Crippen LogP contribution is 2.39. The van der Waals surface area contributed by atoms with E-state index in [4.69, 9.17) is 5.11 Å². The third-order valence-corrected chi connectivity index (χ3v) is 5.40. The first kappa shape index (κ1) is 17.6. The smallest absolute Gasteiger partial charge is 0.393 e. The maximum Gasteiger partial charge on any atom is 0.393 e. The van der Waals surface area contributed by atoms with E-state index in [1.165, 1.54) is 0 Å². The normalized spacial score (nSPS) is 23.2. The van der Waals surface area contributed by atoms with Crippen molar-refractivity contribution < 1.29 is 40.3 Å². The highest BCUT2D eigenvalue weighted by molar-refractivity contribution is 7.89. The van der Waals surface area contributed by atoms with Gasteiger partial charge in [0.05, 0.1) is 11.8 Å². The zero-order valence-electron chi connectivity index (χ0n) is 11.2. The number of alkyl halides is 3. The Morgan fingerprint density at radius 2 is 1.83 bits per heavy atom. The predicted octanol–water partition coefficient (Wildman–Crippen LogP) is 1.85. The summed E-state index contributed by atoms with van der Waals surface area (Å²) in [5, 5.41) is 8.85. The first-order valence-corrected chi connectivity index (χ1v) is 7.63. The maximum absolute atomic E-state index is 13.6. The van der Waals surface area contributed by atoms with Crippen LogP contribution in [0.15, 0.2) is 23.1 Å². The van der Waals surface area contributed by atoms with Crippen LogP contribution in [0.4, 0.5) is 22.0 Å². The van der Waals surface area contributed by atoms with Crippen LogP contribution >= 0.6 is 0 Å². The average Bonchev–Trinajstić information content (AvgIpc) is 2.83. The molecule has 1 saturated heterocycles. The molecule has 1 aliphatic heterocycles. The van der Waals surface area contributed by atoms with Gasteiger partial charge in [-0.2, -0.15) is 17.5 Å². The summed E-state index contributed by atoms with van der Waals surface area (Å²) in [5.41, 5.74) is 0. The van der Waals surface area contributed by atoms with E-state index in [1.54, 1.807) is 0 Å². The van der Waals surface area contributed by atoms with Crippen LogP contribution in [0.2, 0.25) is 0 Å². The lowest BCUT2D eigenvalue weighted by molar-refractivity contribution is -0.187. The average molecular weight is 359 g/mol. The number of aliphatic carboxylic acids is 1. The van der Waals surface area contributed by atoms with Gasteiger partial charge in [-0.15, -0.1) is 0 Å². The van der Waals surface area contributed by atoms with Gasteiger partial charge in [0.25, 0.3) is 0 Å². The van der Waals surface area contributed by atoms with Crippen LogP contribution in [0.3, 0.4) is 0 Å². The van der Waals surface area contributed by atoms with Crippen LogP contribution < -0.4 is 0 Å². The zero-order valence-corrected chi connectivity index (χ0v) is 12.0. The van der Waals surface area contributed by atoms with E-state index in [2.05, 4.69) is 0 Å². The highest BCUT2D eigenvalue weighted by Gasteiger charge is 2.55. The Morgan fingerprint density at radius 3 is 2.26 bits per heavy atom. The number of hydrogen-bond donors (Lipinski definition) is 1. The molecular formula is C12H10F5NO4S. The number of rotatable bonds is 3. The van der Waals surface area contributed by atoms with E-state index in [0.29, 0.717) is 12.1 Å². The fraction of sp³-hybridized carbons (Fsp3) is 0.417. The molecule has 2 rings (SSSR count). The molecule has 0 saturated carbocycles. The van der Waals surface area contributed by atoms with E-state index in [-0.39, 0.29) is 10.4 Å². The van der Waals surface area contributed by atoms with Crippen LogP contribution in [0, 0.1) is 23.5 Å². The van der Waals surface area contributed by atoms with Crippen LogP contribution in [0.1, 0.15) is 0 Å². The summed E-state index contributed by atoms with van der Waals surface area (Å²) >= 11 is 0. The first-order chi connectivity index (χ1) is 10.4. The minimum atomic E-state index is -4.92. The predicted molar refractivity (Wildman–Crippen MR) is 65.8 cm³/mol. The Hall–Kier alpha value is -1.75. The van der Waals surface area contributed by atoms with E-state index >= 15 is 0 Å². The lowest BCUT2D eigenvalue weighted by Crippen LogP contribution is -2.34. The minimum absolute atomic E-state index is 0.250. The molecule has 23 heavy (non-hydrogen) atoms. The third-order valence-electron chi connectivity index (χ3n) is 3.54. The molecule has 5 nitrogen and oxygen atoms in total. The summed E-state index contributed by atoms with van der Waals surface area (Å²) in [4.78, 5) is 9.93. The fourth-order valence-electron chi connectivity index (χ4n) is 2.37. The second-order valence-electron chi connectivity index (χ2n) is 4.99. The quantitative estimate of drug-likeness (QED) is 0.836. The van der Waals surface area contributed by atoms with E-state index in [9.17, 15) is 35.2 Å². The molecule has 1 aromatic carbocycles. The second-order valence-corrected chi connectivity index (χ2v) is 6.90. The molecule has 128 valence electrons. The SMILES string of the molecule is O=C(O)[C@@H]1CN(S(=O)(=O)c2ccc(F)cc2F)C[C@H]1C(F)(F)F. The van der Waals surface area contributed by atoms with Crippen molar-refractivity contribution in [2.24, 2.45) is 11.8 Å². The molecule has 11 heteroatoms. The standard InChI is InChI=1S/C12H10F5NO4S/c13-6-1-2-10(9(14)3-6)23(21,22)18-4-7(11(19)20)8(5-18)12(15,16)17/h1-3,7-8H,4-5H2,(H,19,20)/t7-,8-/m1/s1. The first-order valence-electron chi connectivity index (χ1n) is 6.19. The Balaban J connectivity index is 2.40. The Bertz CT molecular complexity index is 733. The molecule has 1 aromatic rings. The van der Waals surface area contributed by atoms with Crippen molar-refractivity contribution in [2.75, 3.05) is 13.1 Å². The molecule has 0 aliphatic carbocycles. The molecule has 0 bridgehead atoms. The lowest BCUT2D eigenvalue weighted by atomic mass is 9.96. The number of halogens is 5. The monoisotopic (exact) mass is 359 g/mol. The van der Waals surface area contributed by atoms with Crippen molar-refractivity contribution in [3.05, 3.63) is 29.8 Å². The summed E-state index contributed by atoms with van der Waals surface area (Å²) in [7, 11) is -4.72. The molecule has 1 N–H and O–H groups in total. The molecule has 1 heterocycles. The van der Waals surface area contributed by atoms with Gasteiger partial charge in [0.15, 0.2) is 0 Å². The molecule has 2 atom stereocenters. The summed E-state index contributed by atoms with van der Waals surface area (Å²) < 4.78 is 89.7. The molecular weight excluding hydrogens is 349 g/mol. The summed E-state index contributed by atoms with van der Waals surface area (Å²) in [6.45, 7) is -2.09. The van der Waals surface area contributed by atoms with Gasteiger partial charge in [0, 0.05) is 19.2 Å². The number of carboxylic acids is 1. The number of carboxylic acid groups (broad SMARTS) is 1. The molecule has 0 spiro atoms. The largest absolute Gasteiger partial charge is 0.481 e. The Morgan fingerprint density at radius 1 is 1.22 bits per heavy atom. The van der Waals surface area contributed by atoms with Crippen molar-refractivity contribution in [3.63, 3.8) is 0 Å². The van der Waals surface area contributed by atoms with Crippen molar-refractivity contribution in [3.8, 4) is 0 Å². The van der Waals surface area contributed by atoms with Gasteiger partial charge in [-0.3, -0.25) is 4.79 Å². The van der Waals surface area contributed by atoms with Crippen LogP contribution in [0.5, 0.6) is 0 Å². The zero-order chi connectivity index (χ0) is 17.6. The van der Waals surface area contributed by atoms with Gasteiger partial charge in [0.1, 0.15) is 16.5 Å². The molecule has 0 radical (unpaired) electrons. The van der Waals surface area contributed by atoms with Crippen molar-refractivity contribution in [1.29, 1.82) is 0 Å². The highest BCUT2D eigenvalue weighted by atomic mass is 32.2. The van der Waals surface area contributed by atoms with Crippen LogP contribution in [-0.4, -0.2) is 43.1 Å². The fourth-order valence-corrected chi connectivity index (χ4v) is 3.91. The summed E-state index contributed by atoms with van der Waals surface area (Å²) in [6.07, 6.45) is -4.92. The van der Waals surface area contributed by atoms with Crippen molar-refractivity contribution >= 4 is 16.0 Å². The van der Waals surface area contributed by atoms with E-state index < -0.39 is 63.6 Å². The van der Waals surface area contributed by atoms with Gasteiger partial charge >= 0.3 is 12.1 Å². The van der Waals surface area contributed by atoms with Crippen LogP contribution in [-0.2, 0) is 14.8 Å². The van der Waals surface area contributed by atoms with Crippen molar-refractivity contribution in [1.82, 2.24) is 4.31 Å². The molecule has 0 amide bonds. The molecule has 1 fully saturated rings. The summed E-state index contributed by atoms with van der Waals surface area (Å²) in [6, 6.07) is 1.50. The van der Waals surface area contributed by atoms with E-state index in [1.807, 2.05) is 0 Å². The number of benzene rings is 1. The lowest BCUT2D eigenvalue weighted by Gasteiger charge is -2.18. The van der Waals surface area contributed by atoms with Gasteiger partial charge in [-0.1, -0.05) is 0 Å². The number of hydrogen-bond acceptors (Lipinski definition) is 3. The molecule has 0 aromatic heterocycles. The number of nitrogens with zero attached hydrogens (tertiary/aromatic N) is 1. The number of carbonyl (C=O) groups is 1. The molecule has 1 aliphatic rings.